The van der Waals surface area contributed by atoms with Gasteiger partial charge in [0.15, 0.2) is 8.07 Å². The second kappa shape index (κ2) is 9.72. The van der Waals surface area contributed by atoms with E-state index in [0.29, 0.717) is 0 Å². The molecule has 0 bridgehead atoms. The first-order valence-electron chi connectivity index (χ1n) is 16.0. The zero-order chi connectivity index (χ0) is 30.2. The van der Waals surface area contributed by atoms with Crippen molar-refractivity contribution in [2.24, 2.45) is 0 Å². The fraction of sp³-hybridized carbons (Fsp3) is 0.0476. The molecule has 0 unspecified atom stereocenters. The van der Waals surface area contributed by atoms with Crippen LogP contribution in [0.1, 0.15) is 0 Å². The molecule has 6 aromatic rings. The fourth-order valence-electron chi connectivity index (χ4n) is 8.65. The van der Waals surface area contributed by atoms with Crippen molar-refractivity contribution in [2.75, 3.05) is 0 Å². The molecular weight excluding hydrogens is 589 g/mol. The molecule has 0 atom stereocenters. The normalized spacial score (nSPS) is 17.0. The third kappa shape index (κ3) is 3.63. The summed E-state index contributed by atoms with van der Waals surface area (Å²) in [5.74, 6) is 0. The monoisotopic (exact) mass is 622 g/mol. The van der Waals surface area contributed by atoms with Gasteiger partial charge in [0, 0.05) is 0 Å². The molecule has 0 aromatic heterocycles. The quantitative estimate of drug-likeness (QED) is 0.204. The maximum Gasteiger partial charge on any atom is 0.165 e. The molecule has 0 aliphatic carbocycles. The summed E-state index contributed by atoms with van der Waals surface area (Å²) in [5, 5.41) is 9.19. The summed E-state index contributed by atoms with van der Waals surface area (Å²) in [6.07, 6.45) is 0. The van der Waals surface area contributed by atoms with E-state index in [0.717, 1.165) is 0 Å². The molecule has 45 heavy (non-hydrogen) atoms. The first-order chi connectivity index (χ1) is 22.0. The highest BCUT2D eigenvalue weighted by molar-refractivity contribution is 7.16. The molecule has 214 valence electrons. The first-order valence-corrected chi connectivity index (χ1v) is 23.3. The second-order valence-electron chi connectivity index (χ2n) is 13.2. The van der Waals surface area contributed by atoms with Crippen molar-refractivity contribution in [3.63, 3.8) is 0 Å². The molecule has 0 saturated heterocycles. The van der Waals surface area contributed by atoms with Gasteiger partial charge in [-0.2, -0.15) is 0 Å². The van der Waals surface area contributed by atoms with Crippen LogP contribution in [0.2, 0.25) is 13.1 Å². The molecule has 3 aliphatic rings. The van der Waals surface area contributed by atoms with Crippen LogP contribution in [0.3, 0.4) is 0 Å². The van der Waals surface area contributed by atoms with Gasteiger partial charge in [-0.3, -0.25) is 0 Å². The third-order valence-corrected chi connectivity index (χ3v) is 23.5. The lowest BCUT2D eigenvalue weighted by Gasteiger charge is -2.28. The summed E-state index contributed by atoms with van der Waals surface area (Å²) in [7, 11) is -6.77. The lowest BCUT2D eigenvalue weighted by atomic mass is 10.1. The van der Waals surface area contributed by atoms with Gasteiger partial charge in [-0.1, -0.05) is 181 Å². The van der Waals surface area contributed by atoms with Crippen LogP contribution in [-0.4, -0.2) is 24.2 Å². The van der Waals surface area contributed by atoms with Crippen molar-refractivity contribution in [2.45, 2.75) is 13.1 Å². The van der Waals surface area contributed by atoms with Crippen molar-refractivity contribution in [3.05, 3.63) is 168 Å². The summed E-state index contributed by atoms with van der Waals surface area (Å²) in [6, 6.07) is 55.1. The standard InChI is InChI=1S/C42H34Si3/c1-43(37-21-9-3-15-31(37)32-16-4-10-22-38(32)43)27-29-45(41-25-13-7-19-35(41)36-20-8-14-26-42(36)45)30-28-44(2)39-23-11-5-17-33(39)34-18-6-12-24-40(34)44/h3-30H,1-2H3/b29-27+,30-28+. The van der Waals surface area contributed by atoms with Crippen LogP contribution < -0.4 is 31.1 Å². The van der Waals surface area contributed by atoms with Crippen LogP contribution >= 0.6 is 0 Å². The lowest BCUT2D eigenvalue weighted by Crippen LogP contribution is -2.57. The average molecular weight is 623 g/mol. The van der Waals surface area contributed by atoms with Crippen LogP contribution in [0, 0.1) is 0 Å². The summed E-state index contributed by atoms with van der Waals surface area (Å²) in [4.78, 5) is 0. The van der Waals surface area contributed by atoms with Crippen molar-refractivity contribution in [1.82, 2.24) is 0 Å². The minimum absolute atomic E-state index is 1.41. The van der Waals surface area contributed by atoms with Gasteiger partial charge >= 0.3 is 0 Å². The van der Waals surface area contributed by atoms with Gasteiger partial charge in [-0.05, 0) is 64.5 Å². The fourth-order valence-corrected chi connectivity index (χ4v) is 22.8. The Morgan fingerprint density at radius 3 is 0.800 bits per heavy atom. The molecule has 0 fully saturated rings. The molecule has 3 heterocycles. The van der Waals surface area contributed by atoms with E-state index in [-0.39, 0.29) is 0 Å². The zero-order valence-corrected chi connectivity index (χ0v) is 28.7. The number of benzene rings is 6. The average Bonchev–Trinajstić information content (AvgIpc) is 3.64. The second-order valence-corrected chi connectivity index (χ2v) is 24.3. The van der Waals surface area contributed by atoms with Gasteiger partial charge in [0.1, 0.15) is 16.1 Å². The number of rotatable bonds is 4. The zero-order valence-electron chi connectivity index (χ0n) is 25.7. The van der Waals surface area contributed by atoms with Gasteiger partial charge in [-0.25, -0.2) is 0 Å². The van der Waals surface area contributed by atoms with Crippen LogP contribution in [0.4, 0.5) is 0 Å². The molecule has 9 rings (SSSR count). The van der Waals surface area contributed by atoms with E-state index in [1.165, 1.54) is 64.5 Å². The van der Waals surface area contributed by atoms with E-state index in [1.807, 2.05) is 0 Å². The van der Waals surface area contributed by atoms with Gasteiger partial charge in [0.25, 0.3) is 0 Å². The van der Waals surface area contributed by atoms with E-state index in [9.17, 15) is 0 Å². The molecule has 0 saturated carbocycles. The van der Waals surface area contributed by atoms with E-state index < -0.39 is 24.2 Å². The Bertz CT molecular complexity index is 1970. The minimum atomic E-state index is -2.48. The Hall–Kier alpha value is -4.55. The first kappa shape index (κ1) is 26.8. The third-order valence-electron chi connectivity index (χ3n) is 10.9. The maximum atomic E-state index is 2.74. The largest absolute Gasteiger partial charge is 0.165 e. The molecule has 6 aromatic carbocycles. The number of hydrogen-bond acceptors (Lipinski definition) is 0. The SMILES string of the molecule is C[Si]1(/C=C/[Si]2(/C=C/[Si]3(C)c4ccccc4-c4ccccc43)c3ccccc3-c3ccccc32)c2ccccc2-c2ccccc21. The Morgan fingerprint density at radius 1 is 0.289 bits per heavy atom. The molecular formula is C42H34Si3. The highest BCUT2D eigenvalue weighted by Crippen LogP contribution is 2.34. The van der Waals surface area contributed by atoms with Crippen LogP contribution in [0.15, 0.2) is 168 Å². The summed E-state index contributed by atoms with van der Waals surface area (Å²) in [5.41, 5.74) is 19.4. The molecule has 0 N–H and O–H groups in total. The van der Waals surface area contributed by atoms with E-state index in [4.69, 9.17) is 0 Å². The highest BCUT2D eigenvalue weighted by Gasteiger charge is 2.46. The number of hydrogen-bond donors (Lipinski definition) is 0. The van der Waals surface area contributed by atoms with Gasteiger partial charge in [0.2, 0.25) is 0 Å². The predicted octanol–water partition coefficient (Wildman–Crippen LogP) is 6.25. The van der Waals surface area contributed by atoms with E-state index >= 15 is 0 Å². The van der Waals surface area contributed by atoms with E-state index in [2.05, 4.69) is 181 Å². The Balaban J connectivity index is 1.29. The van der Waals surface area contributed by atoms with Crippen LogP contribution in [0.25, 0.3) is 33.4 Å². The predicted molar refractivity (Wildman–Crippen MR) is 201 cm³/mol. The topological polar surface area (TPSA) is 0 Å². The van der Waals surface area contributed by atoms with E-state index in [1.54, 1.807) is 0 Å². The highest BCUT2D eigenvalue weighted by atomic mass is 28.3. The number of fused-ring (bicyclic) bond motifs is 9. The van der Waals surface area contributed by atoms with Gasteiger partial charge < -0.3 is 0 Å². The molecule has 0 nitrogen and oxygen atoms in total. The summed E-state index contributed by atoms with van der Waals surface area (Å²) >= 11 is 0. The molecule has 0 radical (unpaired) electrons. The van der Waals surface area contributed by atoms with Crippen LogP contribution in [0.5, 0.6) is 0 Å². The smallest absolute Gasteiger partial charge is 0.0929 e. The van der Waals surface area contributed by atoms with Gasteiger partial charge in [0.05, 0.1) is 0 Å². The van der Waals surface area contributed by atoms with Gasteiger partial charge in [-0.15, -0.1) is 0 Å². The van der Waals surface area contributed by atoms with Crippen molar-refractivity contribution in [3.8, 4) is 33.4 Å². The minimum Gasteiger partial charge on any atom is -0.0929 e. The van der Waals surface area contributed by atoms with Crippen molar-refractivity contribution >= 4 is 55.3 Å². The van der Waals surface area contributed by atoms with Crippen LogP contribution in [-0.2, 0) is 0 Å². The molecule has 0 spiro atoms. The molecule has 0 amide bonds. The molecule has 3 heteroatoms. The Morgan fingerprint density at radius 2 is 0.511 bits per heavy atom. The van der Waals surface area contributed by atoms with Crippen molar-refractivity contribution in [1.29, 1.82) is 0 Å². The van der Waals surface area contributed by atoms with Crippen molar-refractivity contribution < 1.29 is 0 Å². The maximum absolute atomic E-state index is 2.74. The molecule has 3 aliphatic heterocycles. The Labute approximate surface area is 269 Å². The summed E-state index contributed by atoms with van der Waals surface area (Å²) in [6.45, 7) is 5.12. The summed E-state index contributed by atoms with van der Waals surface area (Å²) < 4.78 is 0. The lowest BCUT2D eigenvalue weighted by molar-refractivity contribution is 1.71. The Kier molecular flexibility index (Phi) is 5.79.